The number of hydrogen-bond donors (Lipinski definition) is 3. The number of aromatic amines is 1. The smallest absolute Gasteiger partial charge is 0.315 e. The molecule has 7 nitrogen and oxygen atoms in total. The maximum atomic E-state index is 12.0. The van der Waals surface area contributed by atoms with E-state index in [1.54, 1.807) is 0 Å². The number of pyridine rings is 1. The second-order valence-electron chi connectivity index (χ2n) is 5.63. The number of fused-ring (bicyclic) bond motifs is 1. The highest BCUT2D eigenvalue weighted by molar-refractivity contribution is 5.74. The number of aryl methyl sites for hydroxylation is 2. The molecule has 0 aliphatic carbocycles. The van der Waals surface area contributed by atoms with E-state index in [-0.39, 0.29) is 24.9 Å². The number of nitrogens with one attached hydrogen (secondary N) is 3. The molecular weight excluding hydrogens is 310 g/mol. The summed E-state index contributed by atoms with van der Waals surface area (Å²) in [6.07, 6.45) is 0. The molecule has 0 atom stereocenters. The predicted molar refractivity (Wildman–Crippen MR) is 88.2 cm³/mol. The lowest BCUT2D eigenvalue weighted by atomic mass is 10.1. The summed E-state index contributed by atoms with van der Waals surface area (Å²) in [5, 5.41) is 5.45. The average molecular weight is 329 g/mol. The first-order chi connectivity index (χ1) is 11.5. The van der Waals surface area contributed by atoms with Crippen molar-refractivity contribution >= 4 is 6.03 Å². The van der Waals surface area contributed by atoms with Gasteiger partial charge in [0, 0.05) is 23.4 Å². The van der Waals surface area contributed by atoms with Crippen LogP contribution in [-0.2, 0) is 13.1 Å². The molecule has 2 heterocycles. The van der Waals surface area contributed by atoms with Crippen LogP contribution >= 0.6 is 0 Å². The van der Waals surface area contributed by atoms with Crippen LogP contribution in [0.1, 0.15) is 22.4 Å². The summed E-state index contributed by atoms with van der Waals surface area (Å²) in [7, 11) is 0. The molecule has 126 valence electrons. The Balaban J connectivity index is 1.58. The van der Waals surface area contributed by atoms with Gasteiger partial charge in [-0.2, -0.15) is 0 Å². The number of carbonyl (C=O) groups is 1. The van der Waals surface area contributed by atoms with Crippen LogP contribution in [0.15, 0.2) is 29.1 Å². The van der Waals surface area contributed by atoms with Crippen LogP contribution in [0.2, 0.25) is 0 Å². The molecule has 0 unspecified atom stereocenters. The highest BCUT2D eigenvalue weighted by Gasteiger charge is 2.17. The summed E-state index contributed by atoms with van der Waals surface area (Å²) >= 11 is 0. The lowest BCUT2D eigenvalue weighted by molar-refractivity contribution is 0.173. The van der Waals surface area contributed by atoms with Crippen LogP contribution in [-0.4, -0.2) is 17.8 Å². The average Bonchev–Trinajstić information content (AvgIpc) is 3.01. The van der Waals surface area contributed by atoms with Crippen molar-refractivity contribution in [3.8, 4) is 11.5 Å². The molecule has 0 bridgehead atoms. The predicted octanol–water partition coefficient (Wildman–Crippen LogP) is 1.72. The minimum Gasteiger partial charge on any atom is -0.454 e. The number of H-pyrrole nitrogens is 1. The van der Waals surface area contributed by atoms with Crippen LogP contribution < -0.4 is 25.7 Å². The van der Waals surface area contributed by atoms with Crippen LogP contribution in [0, 0.1) is 13.8 Å². The maximum Gasteiger partial charge on any atom is 0.315 e. The van der Waals surface area contributed by atoms with Crippen molar-refractivity contribution in [2.45, 2.75) is 26.9 Å². The summed E-state index contributed by atoms with van der Waals surface area (Å²) < 4.78 is 10.7. The third-order valence-corrected chi connectivity index (χ3v) is 3.84. The minimum atomic E-state index is -0.356. The van der Waals surface area contributed by atoms with Crippen molar-refractivity contribution in [2.75, 3.05) is 6.79 Å². The van der Waals surface area contributed by atoms with Gasteiger partial charge in [-0.25, -0.2) is 4.79 Å². The number of para-hydroxylation sites is 1. The number of hydrogen-bond acceptors (Lipinski definition) is 4. The van der Waals surface area contributed by atoms with E-state index in [0.29, 0.717) is 23.6 Å². The largest absolute Gasteiger partial charge is 0.454 e. The van der Waals surface area contributed by atoms with Gasteiger partial charge < -0.3 is 25.1 Å². The summed E-state index contributed by atoms with van der Waals surface area (Å²) in [4.78, 5) is 26.6. The standard InChI is InChI=1S/C17H19N3O4/c1-10-6-11(2)20-16(21)13(10)8-19-17(22)18-7-12-4-3-5-14-15(12)24-9-23-14/h3-6H,7-9H2,1-2H3,(H,20,21)(H2,18,19,22). The Bertz CT molecular complexity index is 829. The first-order valence-corrected chi connectivity index (χ1v) is 7.63. The molecule has 24 heavy (non-hydrogen) atoms. The molecule has 0 saturated heterocycles. The Morgan fingerprint density at radius 2 is 2.00 bits per heavy atom. The number of aromatic nitrogens is 1. The van der Waals surface area contributed by atoms with Gasteiger partial charge in [-0.3, -0.25) is 4.79 Å². The quantitative estimate of drug-likeness (QED) is 0.796. The van der Waals surface area contributed by atoms with Gasteiger partial charge in [0.05, 0.1) is 6.54 Å². The zero-order valence-electron chi connectivity index (χ0n) is 13.6. The van der Waals surface area contributed by atoms with Gasteiger partial charge in [0.2, 0.25) is 6.79 Å². The molecule has 3 rings (SSSR count). The second kappa shape index (κ2) is 6.66. The monoisotopic (exact) mass is 329 g/mol. The molecule has 1 aromatic carbocycles. The Morgan fingerprint density at radius 3 is 2.79 bits per heavy atom. The van der Waals surface area contributed by atoms with Crippen LogP contribution in [0.3, 0.4) is 0 Å². The summed E-state index contributed by atoms with van der Waals surface area (Å²) in [5.41, 5.74) is 2.85. The fourth-order valence-corrected chi connectivity index (χ4v) is 2.64. The summed E-state index contributed by atoms with van der Waals surface area (Å²) in [6.45, 7) is 4.33. The fourth-order valence-electron chi connectivity index (χ4n) is 2.64. The van der Waals surface area contributed by atoms with E-state index in [1.165, 1.54) is 0 Å². The third kappa shape index (κ3) is 3.34. The van der Waals surface area contributed by atoms with Crippen molar-refractivity contribution in [1.29, 1.82) is 0 Å². The van der Waals surface area contributed by atoms with Gasteiger partial charge in [0.25, 0.3) is 5.56 Å². The molecule has 0 radical (unpaired) electrons. The SMILES string of the molecule is Cc1cc(C)c(CNC(=O)NCc2cccc3c2OCO3)c(=O)[nH]1. The lowest BCUT2D eigenvalue weighted by Crippen LogP contribution is -2.36. The normalized spacial score (nSPS) is 12.1. The first-order valence-electron chi connectivity index (χ1n) is 7.63. The molecule has 3 N–H and O–H groups in total. The van der Waals surface area contributed by atoms with Crippen molar-refractivity contribution in [2.24, 2.45) is 0 Å². The zero-order chi connectivity index (χ0) is 17.1. The van der Waals surface area contributed by atoms with Crippen molar-refractivity contribution in [1.82, 2.24) is 15.6 Å². The number of benzene rings is 1. The van der Waals surface area contributed by atoms with E-state index >= 15 is 0 Å². The van der Waals surface area contributed by atoms with E-state index in [4.69, 9.17) is 9.47 Å². The van der Waals surface area contributed by atoms with Gasteiger partial charge in [0.15, 0.2) is 11.5 Å². The number of rotatable bonds is 4. The number of ether oxygens (including phenoxy) is 2. The molecule has 1 aliphatic heterocycles. The van der Waals surface area contributed by atoms with Gasteiger partial charge >= 0.3 is 6.03 Å². The Hall–Kier alpha value is -2.96. The Labute approximate surface area is 139 Å². The van der Waals surface area contributed by atoms with E-state index < -0.39 is 0 Å². The molecule has 0 fully saturated rings. The number of amides is 2. The zero-order valence-corrected chi connectivity index (χ0v) is 13.6. The molecule has 0 saturated carbocycles. The van der Waals surface area contributed by atoms with Gasteiger partial charge in [-0.15, -0.1) is 0 Å². The molecule has 2 amide bonds. The molecule has 1 aromatic heterocycles. The highest BCUT2D eigenvalue weighted by atomic mass is 16.7. The Kier molecular flexibility index (Phi) is 4.41. The van der Waals surface area contributed by atoms with Crippen molar-refractivity contribution < 1.29 is 14.3 Å². The number of carbonyl (C=O) groups excluding carboxylic acids is 1. The molecule has 7 heteroatoms. The molecule has 0 spiro atoms. The summed E-state index contributed by atoms with van der Waals surface area (Å²) in [5.74, 6) is 1.33. The van der Waals surface area contributed by atoms with E-state index in [0.717, 1.165) is 16.8 Å². The van der Waals surface area contributed by atoms with E-state index in [9.17, 15) is 9.59 Å². The Morgan fingerprint density at radius 1 is 1.21 bits per heavy atom. The van der Waals surface area contributed by atoms with Gasteiger partial charge in [0.1, 0.15) is 0 Å². The summed E-state index contributed by atoms with van der Waals surface area (Å²) in [6, 6.07) is 7.05. The molecular formula is C17H19N3O4. The first kappa shape index (κ1) is 15.9. The van der Waals surface area contributed by atoms with Crippen LogP contribution in [0.5, 0.6) is 11.5 Å². The number of urea groups is 1. The van der Waals surface area contributed by atoms with Crippen molar-refractivity contribution in [3.63, 3.8) is 0 Å². The highest BCUT2D eigenvalue weighted by Crippen LogP contribution is 2.35. The second-order valence-corrected chi connectivity index (χ2v) is 5.63. The minimum absolute atomic E-state index is 0.166. The fraction of sp³-hybridized carbons (Fsp3) is 0.294. The third-order valence-electron chi connectivity index (χ3n) is 3.84. The van der Waals surface area contributed by atoms with Crippen LogP contribution in [0.4, 0.5) is 4.79 Å². The van der Waals surface area contributed by atoms with Crippen LogP contribution in [0.25, 0.3) is 0 Å². The van der Waals surface area contributed by atoms with Crippen molar-refractivity contribution in [3.05, 3.63) is 57.0 Å². The van der Waals surface area contributed by atoms with Gasteiger partial charge in [-0.05, 0) is 31.5 Å². The lowest BCUT2D eigenvalue weighted by Gasteiger charge is -2.10. The maximum absolute atomic E-state index is 12.0. The molecule has 1 aliphatic rings. The van der Waals surface area contributed by atoms with E-state index in [1.807, 2.05) is 38.1 Å². The topological polar surface area (TPSA) is 92.4 Å². The van der Waals surface area contributed by atoms with E-state index in [2.05, 4.69) is 15.6 Å². The van der Waals surface area contributed by atoms with Gasteiger partial charge in [-0.1, -0.05) is 12.1 Å². The molecule has 2 aromatic rings.